The second kappa shape index (κ2) is 13.2. The van der Waals surface area contributed by atoms with Gasteiger partial charge in [-0.3, -0.25) is 4.79 Å². The number of nitrogens with one attached hydrogen (secondary N) is 1. The summed E-state index contributed by atoms with van der Waals surface area (Å²) in [6.07, 6.45) is 5.61. The summed E-state index contributed by atoms with van der Waals surface area (Å²) in [7, 11) is 0. The van der Waals surface area contributed by atoms with Gasteiger partial charge in [-0.2, -0.15) is 9.61 Å². The zero-order chi connectivity index (χ0) is 25.2. The van der Waals surface area contributed by atoms with Crippen LogP contribution in [0.25, 0.3) is 28.0 Å². The van der Waals surface area contributed by atoms with E-state index >= 15 is 0 Å². The van der Waals surface area contributed by atoms with Gasteiger partial charge in [0.2, 0.25) is 5.82 Å². The van der Waals surface area contributed by atoms with E-state index in [1.54, 1.807) is 0 Å². The van der Waals surface area contributed by atoms with Crippen molar-refractivity contribution in [3.63, 3.8) is 0 Å². The van der Waals surface area contributed by atoms with E-state index in [1.807, 2.05) is 68.4 Å². The molecule has 184 valence electrons. The van der Waals surface area contributed by atoms with E-state index in [-0.39, 0.29) is 11.7 Å². The Kier molecular flexibility index (Phi) is 10.1. The van der Waals surface area contributed by atoms with Crippen molar-refractivity contribution in [2.75, 3.05) is 6.54 Å². The van der Waals surface area contributed by atoms with Gasteiger partial charge >= 0.3 is 0 Å². The Balaban J connectivity index is 0.00000167. The molecule has 0 atom stereocenters. The highest BCUT2D eigenvalue weighted by Gasteiger charge is 2.20. The van der Waals surface area contributed by atoms with Gasteiger partial charge in [-0.05, 0) is 36.2 Å². The predicted molar refractivity (Wildman–Crippen MR) is 144 cm³/mol. The molecule has 4 rings (SSSR count). The molecule has 0 fully saturated rings. The lowest BCUT2D eigenvalue weighted by Crippen LogP contribution is -2.27. The number of fused-ring (bicyclic) bond motifs is 1. The van der Waals surface area contributed by atoms with Crippen molar-refractivity contribution < 1.29 is 4.79 Å². The molecule has 0 aliphatic heterocycles. The number of hydrogen-bond donors (Lipinski definition) is 1. The van der Waals surface area contributed by atoms with Crippen LogP contribution in [0.1, 0.15) is 63.5 Å². The molecule has 0 aliphatic carbocycles. The van der Waals surface area contributed by atoms with Crippen molar-refractivity contribution in [3.05, 3.63) is 70.5 Å². The molecule has 1 N–H and O–H groups in total. The molecule has 0 spiro atoms. The first-order valence-corrected chi connectivity index (χ1v) is 12.9. The summed E-state index contributed by atoms with van der Waals surface area (Å²) in [5.74, 6) is -0.149. The normalized spacial score (nSPS) is 10.7. The van der Waals surface area contributed by atoms with Crippen LogP contribution in [-0.4, -0.2) is 32.3 Å². The van der Waals surface area contributed by atoms with Gasteiger partial charge in [-0.15, -0.1) is 10.2 Å². The van der Waals surface area contributed by atoms with Crippen LogP contribution in [0.4, 0.5) is 0 Å². The number of unbranched alkanes of at least 4 members (excludes halogenated alkanes) is 4. The van der Waals surface area contributed by atoms with Gasteiger partial charge in [-0.25, -0.2) is 0 Å². The first-order valence-electron chi connectivity index (χ1n) is 12.1. The number of halogens is 2. The highest BCUT2D eigenvalue weighted by atomic mass is 35.5. The van der Waals surface area contributed by atoms with Crippen molar-refractivity contribution in [1.29, 1.82) is 0 Å². The molecular weight excluding hydrogens is 481 g/mol. The first kappa shape index (κ1) is 26.6. The molecule has 0 saturated carbocycles. The van der Waals surface area contributed by atoms with Crippen molar-refractivity contribution in [1.82, 2.24) is 25.1 Å². The Morgan fingerprint density at radius 1 is 0.914 bits per heavy atom. The maximum Gasteiger partial charge on any atom is 0.291 e. The minimum atomic E-state index is -0.296. The Morgan fingerprint density at radius 3 is 2.34 bits per heavy atom. The number of aromatic nitrogens is 4. The van der Waals surface area contributed by atoms with Crippen molar-refractivity contribution >= 4 is 34.8 Å². The number of amides is 1. The zero-order valence-electron chi connectivity index (χ0n) is 20.4. The van der Waals surface area contributed by atoms with Crippen LogP contribution in [0.3, 0.4) is 0 Å². The second-order valence-corrected chi connectivity index (χ2v) is 8.70. The van der Waals surface area contributed by atoms with E-state index in [1.165, 1.54) is 23.8 Å². The Hall–Kier alpha value is -2.96. The summed E-state index contributed by atoms with van der Waals surface area (Å²) in [5, 5.41) is 17.2. The summed E-state index contributed by atoms with van der Waals surface area (Å²) in [6, 6.07) is 16.8. The fourth-order valence-electron chi connectivity index (χ4n) is 3.68. The summed E-state index contributed by atoms with van der Waals surface area (Å²) in [6.45, 7) is 6.78. The summed E-state index contributed by atoms with van der Waals surface area (Å²) < 4.78 is 1.48. The van der Waals surface area contributed by atoms with Crippen LogP contribution in [-0.2, 0) is 0 Å². The molecule has 4 aromatic rings. The maximum absolute atomic E-state index is 12.8. The molecule has 2 aromatic heterocycles. The smallest absolute Gasteiger partial charge is 0.291 e. The Morgan fingerprint density at radius 2 is 1.63 bits per heavy atom. The van der Waals surface area contributed by atoms with Gasteiger partial charge in [0.1, 0.15) is 5.69 Å². The molecular formula is C27H31Cl2N5O. The third-order valence-electron chi connectivity index (χ3n) is 5.45. The fourth-order valence-corrected chi connectivity index (χ4v) is 4.04. The number of carbonyl (C=O) groups is 1. The lowest BCUT2D eigenvalue weighted by Gasteiger charge is -2.12. The van der Waals surface area contributed by atoms with E-state index in [2.05, 4.69) is 22.4 Å². The molecule has 0 bridgehead atoms. The lowest BCUT2D eigenvalue weighted by atomic mass is 10.00. The van der Waals surface area contributed by atoms with Crippen LogP contribution < -0.4 is 5.32 Å². The quantitative estimate of drug-likeness (QED) is 0.236. The van der Waals surface area contributed by atoms with Gasteiger partial charge in [-0.1, -0.05) is 100.0 Å². The number of hydrogen-bond acceptors (Lipinski definition) is 4. The van der Waals surface area contributed by atoms with E-state index in [4.69, 9.17) is 28.3 Å². The summed E-state index contributed by atoms with van der Waals surface area (Å²) in [5.41, 5.74) is 3.59. The number of nitrogens with zero attached hydrogens (tertiary/aromatic N) is 4. The van der Waals surface area contributed by atoms with Crippen LogP contribution >= 0.6 is 23.2 Å². The van der Waals surface area contributed by atoms with Crippen molar-refractivity contribution in [2.24, 2.45) is 0 Å². The Bertz CT molecular complexity index is 1250. The average Bonchev–Trinajstić information content (AvgIpc) is 3.30. The highest BCUT2D eigenvalue weighted by molar-refractivity contribution is 6.33. The molecule has 0 saturated heterocycles. The number of benzene rings is 2. The molecule has 8 heteroatoms. The van der Waals surface area contributed by atoms with E-state index in [9.17, 15) is 4.79 Å². The first-order chi connectivity index (χ1) is 17.1. The van der Waals surface area contributed by atoms with Crippen LogP contribution in [0.5, 0.6) is 0 Å². The SMILES string of the molecule is CC.CCCCCCCNC(=O)c1nnc2cc(-c3ccc(Cl)cc3)c(-c3ccccc3Cl)nn12. The van der Waals surface area contributed by atoms with Gasteiger partial charge in [0, 0.05) is 22.7 Å². The Labute approximate surface area is 216 Å². The summed E-state index contributed by atoms with van der Waals surface area (Å²) >= 11 is 12.6. The minimum Gasteiger partial charge on any atom is -0.349 e. The van der Waals surface area contributed by atoms with Crippen molar-refractivity contribution in [2.45, 2.75) is 52.9 Å². The van der Waals surface area contributed by atoms with Crippen LogP contribution in [0.2, 0.25) is 10.0 Å². The molecule has 0 aliphatic rings. The zero-order valence-corrected chi connectivity index (χ0v) is 21.9. The van der Waals surface area contributed by atoms with E-state index in [0.29, 0.717) is 27.9 Å². The molecule has 1 amide bonds. The minimum absolute atomic E-state index is 0.148. The standard InChI is InChI=1S/C25H25Cl2N5O.C2H6/c1-2-3-4-5-8-15-28-25(33)24-30-29-22-16-20(17-11-13-18(26)14-12-17)23(31-32(22)24)19-9-6-7-10-21(19)27;1-2/h6-7,9-14,16H,2-5,8,15H2,1H3,(H,28,33);1-2H3. The van der Waals surface area contributed by atoms with Gasteiger partial charge in [0.15, 0.2) is 5.65 Å². The van der Waals surface area contributed by atoms with E-state index in [0.717, 1.165) is 29.5 Å². The maximum atomic E-state index is 12.8. The third kappa shape index (κ3) is 6.59. The third-order valence-corrected chi connectivity index (χ3v) is 6.03. The largest absolute Gasteiger partial charge is 0.349 e. The number of rotatable bonds is 9. The monoisotopic (exact) mass is 511 g/mol. The topological polar surface area (TPSA) is 72.2 Å². The molecule has 6 nitrogen and oxygen atoms in total. The molecule has 2 heterocycles. The fraction of sp³-hybridized carbons (Fsp3) is 0.333. The molecule has 0 unspecified atom stereocenters. The molecule has 2 aromatic carbocycles. The van der Waals surface area contributed by atoms with Gasteiger partial charge in [0.25, 0.3) is 5.91 Å². The average molecular weight is 512 g/mol. The van der Waals surface area contributed by atoms with Crippen molar-refractivity contribution in [3.8, 4) is 22.4 Å². The van der Waals surface area contributed by atoms with E-state index < -0.39 is 0 Å². The molecule has 35 heavy (non-hydrogen) atoms. The lowest BCUT2D eigenvalue weighted by molar-refractivity contribution is 0.0940. The van der Waals surface area contributed by atoms with Gasteiger partial charge < -0.3 is 5.32 Å². The molecule has 0 radical (unpaired) electrons. The second-order valence-electron chi connectivity index (χ2n) is 7.86. The van der Waals surface area contributed by atoms with Crippen LogP contribution in [0, 0.1) is 0 Å². The van der Waals surface area contributed by atoms with Crippen LogP contribution in [0.15, 0.2) is 54.6 Å². The van der Waals surface area contributed by atoms with Gasteiger partial charge in [0.05, 0.1) is 5.02 Å². The highest BCUT2D eigenvalue weighted by Crippen LogP contribution is 2.35. The predicted octanol–water partition coefficient (Wildman–Crippen LogP) is 7.49. The summed E-state index contributed by atoms with van der Waals surface area (Å²) in [4.78, 5) is 12.8. The number of carbonyl (C=O) groups excluding carboxylic acids is 1.